The van der Waals surface area contributed by atoms with Gasteiger partial charge in [0.1, 0.15) is 6.10 Å². The first kappa shape index (κ1) is 21.5. The van der Waals surface area contributed by atoms with Crippen LogP contribution < -0.4 is 0 Å². The molecule has 1 saturated carbocycles. The molecule has 2 saturated heterocycles. The molecule has 3 fully saturated rings. The summed E-state index contributed by atoms with van der Waals surface area (Å²) in [5.74, 6) is -0.333. The Balaban J connectivity index is 1.40. The van der Waals surface area contributed by atoms with E-state index < -0.39 is 6.10 Å². The van der Waals surface area contributed by atoms with Crippen molar-refractivity contribution in [2.75, 3.05) is 46.3 Å². The van der Waals surface area contributed by atoms with Crippen LogP contribution in [0.5, 0.6) is 0 Å². The topological polar surface area (TPSA) is 70.2 Å². The van der Waals surface area contributed by atoms with Gasteiger partial charge in [-0.2, -0.15) is 0 Å². The number of ether oxygens (including phenoxy) is 1. The molecule has 0 spiro atoms. The molecule has 2 heterocycles. The van der Waals surface area contributed by atoms with Crippen molar-refractivity contribution < 1.29 is 19.1 Å². The zero-order valence-electron chi connectivity index (χ0n) is 18.3. The highest BCUT2D eigenvalue weighted by Gasteiger charge is 2.59. The monoisotopic (exact) mass is 417 g/mol. The molecule has 7 nitrogen and oxygen atoms in total. The van der Waals surface area contributed by atoms with Crippen molar-refractivity contribution in [1.82, 2.24) is 14.7 Å². The maximum Gasteiger partial charge on any atom is 0.306 e. The molecule has 5 atom stereocenters. The Morgan fingerprint density at radius 2 is 1.67 bits per heavy atom. The van der Waals surface area contributed by atoms with E-state index in [0.29, 0.717) is 13.0 Å². The summed E-state index contributed by atoms with van der Waals surface area (Å²) >= 11 is 0. The van der Waals surface area contributed by atoms with Crippen molar-refractivity contribution in [3.63, 3.8) is 0 Å². The number of unbranched alkanes of at least 4 members (excludes halogenated alkanes) is 2. The lowest BCUT2D eigenvalue weighted by Gasteiger charge is -2.35. The van der Waals surface area contributed by atoms with Crippen LogP contribution in [0.25, 0.3) is 0 Å². The van der Waals surface area contributed by atoms with Crippen LogP contribution in [-0.4, -0.2) is 84.9 Å². The molecule has 2 bridgehead atoms. The highest BCUT2D eigenvalue weighted by atomic mass is 16.5. The molecule has 4 aliphatic rings. The number of esters is 1. The molecule has 0 aromatic heterocycles. The molecule has 3 unspecified atom stereocenters. The lowest BCUT2D eigenvalue weighted by atomic mass is 9.85. The summed E-state index contributed by atoms with van der Waals surface area (Å²) in [5, 5.41) is 0. The molecule has 4 rings (SSSR count). The number of allylic oxidation sites excluding steroid dienone is 2. The van der Waals surface area contributed by atoms with Gasteiger partial charge in [-0.15, -0.1) is 0 Å². The third-order valence-corrected chi connectivity index (χ3v) is 7.29. The average molecular weight is 418 g/mol. The van der Waals surface area contributed by atoms with E-state index in [4.69, 9.17) is 4.74 Å². The lowest BCUT2D eigenvalue weighted by Crippen LogP contribution is -2.50. The van der Waals surface area contributed by atoms with Gasteiger partial charge < -0.3 is 9.64 Å². The van der Waals surface area contributed by atoms with Gasteiger partial charge in [0.2, 0.25) is 11.8 Å². The van der Waals surface area contributed by atoms with E-state index in [1.165, 1.54) is 4.90 Å². The highest BCUT2D eigenvalue weighted by Crippen LogP contribution is 2.52. The molecule has 2 aliphatic heterocycles. The Kier molecular flexibility index (Phi) is 6.58. The Bertz CT molecular complexity index is 671. The van der Waals surface area contributed by atoms with Crippen LogP contribution in [0.3, 0.4) is 0 Å². The smallest absolute Gasteiger partial charge is 0.306 e. The van der Waals surface area contributed by atoms with Gasteiger partial charge in [-0.25, -0.2) is 0 Å². The van der Waals surface area contributed by atoms with E-state index >= 15 is 0 Å². The zero-order valence-corrected chi connectivity index (χ0v) is 18.3. The highest BCUT2D eigenvalue weighted by molar-refractivity contribution is 6.06. The predicted octanol–water partition coefficient (Wildman–Crippen LogP) is 1.53. The van der Waals surface area contributed by atoms with Crippen molar-refractivity contribution in [1.29, 1.82) is 0 Å². The molecular weight excluding hydrogens is 382 g/mol. The number of hydrogen-bond donors (Lipinski definition) is 0. The van der Waals surface area contributed by atoms with Gasteiger partial charge in [0.05, 0.1) is 18.4 Å². The molecule has 2 amide bonds. The van der Waals surface area contributed by atoms with Crippen LogP contribution in [0.15, 0.2) is 12.2 Å². The Morgan fingerprint density at radius 1 is 1.03 bits per heavy atom. The van der Waals surface area contributed by atoms with Crippen LogP contribution in [0.2, 0.25) is 0 Å². The normalized spacial score (nSPS) is 32.1. The molecule has 0 aromatic carbocycles. The first-order chi connectivity index (χ1) is 14.5. The number of nitrogens with zero attached hydrogens (tertiary/aromatic N) is 3. The standard InChI is InChI=1S/C23H35N3O4/c1-3-4-5-6-19(27)30-18(14-25-11-9-24(2)10-12-25)15-26-22(28)20-16-7-8-17(13-16)21(20)23(26)29/h7-8,16-18,20-21H,3-6,9-15H2,1-2H3/t16-,17?,18?,20-,21?/m0/s1. The van der Waals surface area contributed by atoms with Crippen molar-refractivity contribution in [2.24, 2.45) is 23.7 Å². The lowest BCUT2D eigenvalue weighted by molar-refractivity contribution is -0.156. The quantitative estimate of drug-likeness (QED) is 0.245. The second-order valence-corrected chi connectivity index (χ2v) is 9.46. The number of carbonyl (C=O) groups excluding carboxylic acids is 3. The van der Waals surface area contributed by atoms with Crippen LogP contribution in [0, 0.1) is 23.7 Å². The summed E-state index contributed by atoms with van der Waals surface area (Å²) in [5.41, 5.74) is 0. The van der Waals surface area contributed by atoms with Crippen LogP contribution in [0.1, 0.15) is 39.0 Å². The molecule has 166 valence electrons. The summed E-state index contributed by atoms with van der Waals surface area (Å²) < 4.78 is 5.82. The van der Waals surface area contributed by atoms with Crippen LogP contribution in [-0.2, 0) is 19.1 Å². The number of fused-ring (bicyclic) bond motifs is 5. The van der Waals surface area contributed by atoms with E-state index in [2.05, 4.69) is 35.9 Å². The van der Waals surface area contributed by atoms with E-state index in [9.17, 15) is 14.4 Å². The van der Waals surface area contributed by atoms with E-state index in [0.717, 1.165) is 51.9 Å². The van der Waals surface area contributed by atoms with Crippen molar-refractivity contribution in [3.05, 3.63) is 12.2 Å². The molecule has 0 radical (unpaired) electrons. The third kappa shape index (κ3) is 4.33. The molecule has 0 aromatic rings. The van der Waals surface area contributed by atoms with Gasteiger partial charge >= 0.3 is 5.97 Å². The Hall–Kier alpha value is -1.73. The van der Waals surface area contributed by atoms with Gasteiger partial charge in [-0.05, 0) is 31.7 Å². The van der Waals surface area contributed by atoms with Gasteiger partial charge in [-0.3, -0.25) is 24.2 Å². The average Bonchev–Trinajstić information content (AvgIpc) is 3.40. The zero-order chi connectivity index (χ0) is 21.3. The van der Waals surface area contributed by atoms with Gasteiger partial charge in [0.25, 0.3) is 0 Å². The fraction of sp³-hybridized carbons (Fsp3) is 0.783. The predicted molar refractivity (Wildman–Crippen MR) is 112 cm³/mol. The SMILES string of the molecule is CCCCCC(=O)OC(CN1CCN(C)CC1)CN1C(=O)C2C3C=C[C@@H](C3)[C@@H]2C1=O. The first-order valence-electron chi connectivity index (χ1n) is 11.6. The molecular formula is C23H35N3O4. The minimum atomic E-state index is -0.458. The van der Waals surface area contributed by atoms with Gasteiger partial charge in [0, 0.05) is 39.1 Å². The van der Waals surface area contributed by atoms with Crippen molar-refractivity contribution in [2.45, 2.75) is 45.1 Å². The number of piperazine rings is 1. The second-order valence-electron chi connectivity index (χ2n) is 9.46. The number of imide groups is 1. The maximum atomic E-state index is 13.1. The number of hydrogen-bond acceptors (Lipinski definition) is 6. The van der Waals surface area contributed by atoms with Crippen molar-refractivity contribution in [3.8, 4) is 0 Å². The second kappa shape index (κ2) is 9.18. The summed E-state index contributed by atoms with van der Waals surface area (Å²) in [4.78, 5) is 44.5. The fourth-order valence-corrected chi connectivity index (χ4v) is 5.56. The minimum absolute atomic E-state index is 0.0627. The Labute approximate surface area is 179 Å². The Morgan fingerprint density at radius 3 is 2.27 bits per heavy atom. The van der Waals surface area contributed by atoms with Gasteiger partial charge in [0.15, 0.2) is 0 Å². The molecule has 30 heavy (non-hydrogen) atoms. The summed E-state index contributed by atoms with van der Waals surface area (Å²) in [6.07, 6.45) is 7.95. The van der Waals surface area contributed by atoms with E-state index in [1.54, 1.807) is 0 Å². The first-order valence-corrected chi connectivity index (χ1v) is 11.6. The summed E-state index contributed by atoms with van der Waals surface area (Å²) in [7, 11) is 2.10. The number of rotatable bonds is 9. The number of likely N-dealkylation sites (N-methyl/N-ethyl adjacent to an activating group) is 1. The molecule has 2 aliphatic carbocycles. The van der Waals surface area contributed by atoms with Crippen molar-refractivity contribution >= 4 is 17.8 Å². The largest absolute Gasteiger partial charge is 0.459 e. The minimum Gasteiger partial charge on any atom is -0.459 e. The number of amides is 2. The number of likely N-dealkylation sites (tertiary alicyclic amines) is 1. The molecule has 7 heteroatoms. The van der Waals surface area contributed by atoms with E-state index in [-0.39, 0.29) is 48.0 Å². The van der Waals surface area contributed by atoms with Gasteiger partial charge in [-0.1, -0.05) is 31.9 Å². The molecule has 0 N–H and O–H groups in total. The van der Waals surface area contributed by atoms with Crippen LogP contribution >= 0.6 is 0 Å². The maximum absolute atomic E-state index is 13.1. The summed E-state index contributed by atoms with van der Waals surface area (Å²) in [6, 6.07) is 0. The third-order valence-electron chi connectivity index (χ3n) is 7.29. The fourth-order valence-electron chi connectivity index (χ4n) is 5.56. The van der Waals surface area contributed by atoms with Crippen LogP contribution in [0.4, 0.5) is 0 Å². The summed E-state index contributed by atoms with van der Waals surface area (Å²) in [6.45, 7) is 6.62. The van der Waals surface area contributed by atoms with E-state index in [1.807, 2.05) is 0 Å². The number of carbonyl (C=O) groups is 3.